The third kappa shape index (κ3) is 3.29. The first-order chi connectivity index (χ1) is 7.08. The zero-order valence-corrected chi connectivity index (χ0v) is 9.22. The fourth-order valence-corrected chi connectivity index (χ4v) is 1.80. The van der Waals surface area contributed by atoms with E-state index in [0.29, 0.717) is 0 Å². The highest BCUT2D eigenvalue weighted by atomic mass is 19.1. The average molecular weight is 210 g/mol. The molecule has 84 valence electrons. The van der Waals surface area contributed by atoms with Crippen LogP contribution < -0.4 is 11.1 Å². The first-order valence-electron chi connectivity index (χ1n) is 5.25. The number of halogens is 1. The van der Waals surface area contributed by atoms with Gasteiger partial charge in [0, 0.05) is 5.54 Å². The molecule has 3 N–H and O–H groups in total. The highest BCUT2D eigenvalue weighted by molar-refractivity contribution is 5.33. The van der Waals surface area contributed by atoms with E-state index in [1.165, 1.54) is 13.0 Å². The van der Waals surface area contributed by atoms with Gasteiger partial charge in [-0.25, -0.2) is 4.39 Å². The van der Waals surface area contributed by atoms with Gasteiger partial charge >= 0.3 is 0 Å². The highest BCUT2D eigenvalue weighted by Gasteiger charge is 2.29. The van der Waals surface area contributed by atoms with E-state index in [9.17, 15) is 4.39 Å². The molecule has 3 heteroatoms. The SMILES string of the molecule is C=C/C(=C\C=C(/C)F)C1(N)CCNCC1. The molecule has 0 atom stereocenters. The van der Waals surface area contributed by atoms with Crippen LogP contribution in [-0.2, 0) is 0 Å². The minimum atomic E-state index is -0.348. The van der Waals surface area contributed by atoms with E-state index in [-0.39, 0.29) is 11.4 Å². The standard InChI is InChI=1S/C12H19FN2/c1-3-11(5-4-10(2)13)12(14)6-8-15-9-7-12/h3-5,15H,1,6-9,14H2,2H3/b10-4+,11-5+. The van der Waals surface area contributed by atoms with Gasteiger partial charge < -0.3 is 11.1 Å². The zero-order chi connectivity index (χ0) is 11.3. The summed E-state index contributed by atoms with van der Waals surface area (Å²) in [5.41, 5.74) is 6.84. The van der Waals surface area contributed by atoms with E-state index in [2.05, 4.69) is 11.9 Å². The summed E-state index contributed by atoms with van der Waals surface area (Å²) in [4.78, 5) is 0. The maximum atomic E-state index is 12.6. The summed E-state index contributed by atoms with van der Waals surface area (Å²) < 4.78 is 12.6. The van der Waals surface area contributed by atoms with Crippen LogP contribution in [0.25, 0.3) is 0 Å². The molecular formula is C12H19FN2. The van der Waals surface area contributed by atoms with Crippen molar-refractivity contribution in [1.29, 1.82) is 0 Å². The molecule has 1 fully saturated rings. The summed E-state index contributed by atoms with van der Waals surface area (Å²) in [5, 5.41) is 3.25. The average Bonchev–Trinajstić information content (AvgIpc) is 2.19. The van der Waals surface area contributed by atoms with Gasteiger partial charge in [0.15, 0.2) is 0 Å². The molecule has 1 aliphatic heterocycles. The topological polar surface area (TPSA) is 38.0 Å². The van der Waals surface area contributed by atoms with Crippen molar-refractivity contribution in [2.45, 2.75) is 25.3 Å². The van der Waals surface area contributed by atoms with Crippen molar-refractivity contribution in [3.05, 3.63) is 36.2 Å². The number of rotatable bonds is 3. The second kappa shape index (κ2) is 5.24. The van der Waals surface area contributed by atoms with Gasteiger partial charge in [0.1, 0.15) is 0 Å². The monoisotopic (exact) mass is 210 g/mol. The Labute approximate surface area is 90.7 Å². The van der Waals surface area contributed by atoms with Crippen molar-refractivity contribution >= 4 is 0 Å². The summed E-state index contributed by atoms with van der Waals surface area (Å²) in [6, 6.07) is 0. The molecule has 0 aromatic rings. The van der Waals surface area contributed by atoms with Crippen LogP contribution in [0.4, 0.5) is 4.39 Å². The van der Waals surface area contributed by atoms with Crippen LogP contribution in [0.2, 0.25) is 0 Å². The summed E-state index contributed by atoms with van der Waals surface area (Å²) in [6.45, 7) is 6.96. The molecule has 0 saturated carbocycles. The lowest BCUT2D eigenvalue weighted by atomic mass is 9.82. The number of nitrogens with one attached hydrogen (secondary N) is 1. The number of hydrogen-bond donors (Lipinski definition) is 2. The molecule has 0 unspecified atom stereocenters. The van der Waals surface area contributed by atoms with E-state index < -0.39 is 0 Å². The van der Waals surface area contributed by atoms with Gasteiger partial charge in [-0.15, -0.1) is 0 Å². The zero-order valence-electron chi connectivity index (χ0n) is 9.22. The molecule has 0 spiro atoms. The molecule has 0 aliphatic carbocycles. The number of nitrogens with two attached hydrogens (primary N) is 1. The van der Waals surface area contributed by atoms with Gasteiger partial charge in [-0.1, -0.05) is 18.7 Å². The molecule has 1 heterocycles. The Hall–Kier alpha value is -0.930. The summed E-state index contributed by atoms with van der Waals surface area (Å²) in [6.07, 6.45) is 6.63. The van der Waals surface area contributed by atoms with Gasteiger partial charge in [-0.3, -0.25) is 0 Å². The molecule has 0 radical (unpaired) electrons. The molecule has 15 heavy (non-hydrogen) atoms. The Balaban J connectivity index is 2.84. The number of hydrogen-bond acceptors (Lipinski definition) is 2. The first-order valence-corrected chi connectivity index (χ1v) is 5.25. The van der Waals surface area contributed by atoms with Crippen LogP contribution in [0.15, 0.2) is 36.2 Å². The maximum Gasteiger partial charge on any atom is 0.0968 e. The van der Waals surface area contributed by atoms with Crippen molar-refractivity contribution in [3.8, 4) is 0 Å². The number of piperidine rings is 1. The summed E-state index contributed by atoms with van der Waals surface area (Å²) in [5.74, 6) is -0.216. The lowest BCUT2D eigenvalue weighted by Crippen LogP contribution is -2.49. The van der Waals surface area contributed by atoms with Crippen LogP contribution in [0, 0.1) is 0 Å². The summed E-state index contributed by atoms with van der Waals surface area (Å²) >= 11 is 0. The Morgan fingerprint density at radius 3 is 2.47 bits per heavy atom. The predicted octanol–water partition coefficient (Wildman–Crippen LogP) is 2.05. The smallest absolute Gasteiger partial charge is 0.0968 e. The largest absolute Gasteiger partial charge is 0.321 e. The van der Waals surface area contributed by atoms with Gasteiger partial charge in [-0.2, -0.15) is 0 Å². The van der Waals surface area contributed by atoms with E-state index in [0.717, 1.165) is 31.5 Å². The Morgan fingerprint density at radius 1 is 1.40 bits per heavy atom. The highest BCUT2D eigenvalue weighted by Crippen LogP contribution is 2.25. The van der Waals surface area contributed by atoms with Crippen molar-refractivity contribution in [1.82, 2.24) is 5.32 Å². The molecule has 1 rings (SSSR count). The Morgan fingerprint density at radius 2 is 2.00 bits per heavy atom. The molecule has 2 nitrogen and oxygen atoms in total. The third-order valence-corrected chi connectivity index (χ3v) is 2.78. The second-order valence-corrected chi connectivity index (χ2v) is 3.99. The summed E-state index contributed by atoms with van der Waals surface area (Å²) in [7, 11) is 0. The van der Waals surface area contributed by atoms with E-state index in [1.807, 2.05) is 0 Å². The normalized spacial score (nSPS) is 22.6. The lowest BCUT2D eigenvalue weighted by Gasteiger charge is -2.35. The van der Waals surface area contributed by atoms with Gasteiger partial charge in [0.25, 0.3) is 0 Å². The minimum Gasteiger partial charge on any atom is -0.321 e. The fraction of sp³-hybridized carbons (Fsp3) is 0.500. The molecule has 0 aromatic carbocycles. The molecule has 0 aromatic heterocycles. The minimum absolute atomic E-state index is 0.216. The molecule has 0 bridgehead atoms. The quantitative estimate of drug-likeness (QED) is 0.700. The van der Waals surface area contributed by atoms with Crippen molar-refractivity contribution in [2.24, 2.45) is 5.73 Å². The van der Waals surface area contributed by atoms with Crippen molar-refractivity contribution in [2.75, 3.05) is 13.1 Å². The molecular weight excluding hydrogens is 191 g/mol. The lowest BCUT2D eigenvalue weighted by molar-refractivity contribution is 0.363. The van der Waals surface area contributed by atoms with Crippen LogP contribution in [0.1, 0.15) is 19.8 Å². The van der Waals surface area contributed by atoms with Crippen LogP contribution in [-0.4, -0.2) is 18.6 Å². The van der Waals surface area contributed by atoms with Gasteiger partial charge in [-0.05, 0) is 44.5 Å². The number of allylic oxidation sites excluding steroid dienone is 3. The molecule has 1 aliphatic rings. The molecule has 1 saturated heterocycles. The van der Waals surface area contributed by atoms with Crippen LogP contribution in [0.3, 0.4) is 0 Å². The van der Waals surface area contributed by atoms with E-state index in [1.54, 1.807) is 12.2 Å². The van der Waals surface area contributed by atoms with Crippen molar-refractivity contribution < 1.29 is 4.39 Å². The molecule has 0 amide bonds. The van der Waals surface area contributed by atoms with Crippen LogP contribution >= 0.6 is 0 Å². The predicted molar refractivity (Wildman–Crippen MR) is 62.2 cm³/mol. The Kier molecular flexibility index (Phi) is 4.24. The van der Waals surface area contributed by atoms with E-state index >= 15 is 0 Å². The maximum absolute atomic E-state index is 12.6. The van der Waals surface area contributed by atoms with Crippen molar-refractivity contribution in [3.63, 3.8) is 0 Å². The van der Waals surface area contributed by atoms with Gasteiger partial charge in [0.2, 0.25) is 0 Å². The fourth-order valence-electron chi connectivity index (χ4n) is 1.80. The Bertz CT molecular complexity index is 282. The third-order valence-electron chi connectivity index (χ3n) is 2.78. The second-order valence-electron chi connectivity index (χ2n) is 3.99. The van der Waals surface area contributed by atoms with Crippen LogP contribution in [0.5, 0.6) is 0 Å². The van der Waals surface area contributed by atoms with E-state index in [4.69, 9.17) is 5.73 Å². The first kappa shape index (κ1) is 12.1. The van der Waals surface area contributed by atoms with Gasteiger partial charge in [0.05, 0.1) is 5.83 Å².